The van der Waals surface area contributed by atoms with Crippen LogP contribution in [0, 0.1) is 6.92 Å². The number of hydrogen-bond acceptors (Lipinski definition) is 4. The maximum absolute atomic E-state index is 11.8. The van der Waals surface area contributed by atoms with Gasteiger partial charge >= 0.3 is 0 Å². The summed E-state index contributed by atoms with van der Waals surface area (Å²) >= 11 is 0. The molecule has 0 heterocycles. The van der Waals surface area contributed by atoms with Crippen LogP contribution in [0.25, 0.3) is 0 Å². The van der Waals surface area contributed by atoms with Gasteiger partial charge in [-0.05, 0) is 24.6 Å². The lowest BCUT2D eigenvalue weighted by Gasteiger charge is -2.22. The van der Waals surface area contributed by atoms with E-state index in [-0.39, 0.29) is 12.5 Å². The first-order valence-electron chi connectivity index (χ1n) is 6.14. The second-order valence-electron chi connectivity index (χ2n) is 4.45. The number of nitrogens with zero attached hydrogens (tertiary/aromatic N) is 1. The Morgan fingerprint density at radius 3 is 2.65 bits per heavy atom. The van der Waals surface area contributed by atoms with Crippen molar-refractivity contribution < 1.29 is 17.9 Å². The van der Waals surface area contributed by atoms with Crippen molar-refractivity contribution >= 4 is 21.6 Å². The molecular formula is C13H20N2O4S. The number of benzene rings is 1. The third kappa shape index (κ3) is 5.18. The highest BCUT2D eigenvalue weighted by Crippen LogP contribution is 2.18. The van der Waals surface area contributed by atoms with E-state index in [1.165, 1.54) is 7.11 Å². The number of sulfonamides is 1. The zero-order valence-corrected chi connectivity index (χ0v) is 12.7. The van der Waals surface area contributed by atoms with Crippen molar-refractivity contribution in [1.29, 1.82) is 0 Å². The number of carbonyl (C=O) groups excluding carboxylic acids is 1. The lowest BCUT2D eigenvalue weighted by molar-refractivity contribution is -0.119. The minimum atomic E-state index is -3.52. The average Bonchev–Trinajstić information content (AvgIpc) is 2.35. The lowest BCUT2D eigenvalue weighted by Crippen LogP contribution is -2.41. The van der Waals surface area contributed by atoms with E-state index in [0.29, 0.717) is 18.8 Å². The zero-order chi connectivity index (χ0) is 15.2. The van der Waals surface area contributed by atoms with Gasteiger partial charge in [-0.15, -0.1) is 0 Å². The van der Waals surface area contributed by atoms with E-state index in [2.05, 4.69) is 5.32 Å². The number of aryl methyl sites for hydroxylation is 1. The molecule has 0 bridgehead atoms. The second kappa shape index (κ2) is 7.25. The fraction of sp³-hybridized carbons (Fsp3) is 0.462. The molecule has 0 aromatic heterocycles. The molecule has 0 saturated carbocycles. The lowest BCUT2D eigenvalue weighted by atomic mass is 10.2. The van der Waals surface area contributed by atoms with Crippen molar-refractivity contribution in [2.45, 2.75) is 6.92 Å². The summed E-state index contributed by atoms with van der Waals surface area (Å²) in [5.41, 5.74) is 1.41. The van der Waals surface area contributed by atoms with Crippen LogP contribution in [0.3, 0.4) is 0 Å². The molecule has 7 heteroatoms. The van der Waals surface area contributed by atoms with Crippen molar-refractivity contribution in [3.05, 3.63) is 29.8 Å². The van der Waals surface area contributed by atoms with Crippen molar-refractivity contribution in [3.63, 3.8) is 0 Å². The molecule has 1 rings (SSSR count). The highest BCUT2D eigenvalue weighted by molar-refractivity contribution is 7.92. The second-order valence-corrected chi connectivity index (χ2v) is 6.36. The summed E-state index contributed by atoms with van der Waals surface area (Å²) < 4.78 is 29.6. The predicted octanol–water partition coefficient (Wildman–Crippen LogP) is 0.524. The maximum atomic E-state index is 11.8. The molecule has 0 radical (unpaired) electrons. The van der Waals surface area contributed by atoms with Crippen LogP contribution in [-0.4, -0.2) is 47.4 Å². The number of amides is 1. The fourth-order valence-electron chi connectivity index (χ4n) is 1.66. The van der Waals surface area contributed by atoms with Gasteiger partial charge in [0.2, 0.25) is 15.9 Å². The number of methoxy groups -OCH3 is 1. The summed E-state index contributed by atoms with van der Waals surface area (Å²) in [5.74, 6) is -0.367. The van der Waals surface area contributed by atoms with Crippen LogP contribution in [0.5, 0.6) is 0 Å². The molecule has 1 N–H and O–H groups in total. The van der Waals surface area contributed by atoms with Crippen molar-refractivity contribution in [1.82, 2.24) is 5.32 Å². The third-order valence-electron chi connectivity index (χ3n) is 2.61. The van der Waals surface area contributed by atoms with Gasteiger partial charge in [0.1, 0.15) is 6.54 Å². The van der Waals surface area contributed by atoms with Gasteiger partial charge in [0, 0.05) is 13.7 Å². The summed E-state index contributed by atoms with van der Waals surface area (Å²) in [6.07, 6.45) is 1.08. The van der Waals surface area contributed by atoms with E-state index in [4.69, 9.17) is 4.74 Å². The number of hydrogen-bond donors (Lipinski definition) is 1. The molecule has 0 aliphatic rings. The van der Waals surface area contributed by atoms with Crippen LogP contribution in [0.1, 0.15) is 5.56 Å². The topological polar surface area (TPSA) is 75.7 Å². The largest absolute Gasteiger partial charge is 0.383 e. The Balaban J connectivity index is 2.84. The van der Waals surface area contributed by atoms with E-state index in [1.54, 1.807) is 18.2 Å². The number of anilines is 1. The molecule has 0 spiro atoms. The van der Waals surface area contributed by atoms with E-state index >= 15 is 0 Å². The normalized spacial score (nSPS) is 11.2. The summed E-state index contributed by atoms with van der Waals surface area (Å²) in [7, 11) is -1.99. The summed E-state index contributed by atoms with van der Waals surface area (Å²) in [4.78, 5) is 11.8. The Labute approximate surface area is 119 Å². The van der Waals surface area contributed by atoms with Crippen LogP contribution in [0.2, 0.25) is 0 Å². The fourth-order valence-corrected chi connectivity index (χ4v) is 2.51. The monoisotopic (exact) mass is 300 g/mol. The van der Waals surface area contributed by atoms with E-state index < -0.39 is 10.0 Å². The van der Waals surface area contributed by atoms with Gasteiger partial charge < -0.3 is 10.1 Å². The third-order valence-corrected chi connectivity index (χ3v) is 3.75. The minimum absolute atomic E-state index is 0.244. The van der Waals surface area contributed by atoms with E-state index in [1.807, 2.05) is 13.0 Å². The standard InChI is InChI=1S/C13H20N2O4S/c1-11-5-4-6-12(9-11)15(20(3,17)18)10-13(16)14-7-8-19-2/h4-6,9H,7-8,10H2,1-3H3,(H,14,16). The Kier molecular flexibility index (Phi) is 5.97. The van der Waals surface area contributed by atoms with Crippen molar-refractivity contribution in [2.24, 2.45) is 0 Å². The number of carbonyl (C=O) groups is 1. The van der Waals surface area contributed by atoms with Crippen LogP contribution >= 0.6 is 0 Å². The van der Waals surface area contributed by atoms with Gasteiger partial charge in [-0.2, -0.15) is 0 Å². The molecule has 0 saturated heterocycles. The Morgan fingerprint density at radius 2 is 2.10 bits per heavy atom. The van der Waals surface area contributed by atoms with Gasteiger partial charge in [-0.25, -0.2) is 8.42 Å². The molecule has 0 aliphatic carbocycles. The molecule has 6 nitrogen and oxygen atoms in total. The SMILES string of the molecule is COCCNC(=O)CN(c1cccc(C)c1)S(C)(=O)=O. The first-order valence-corrected chi connectivity index (χ1v) is 7.99. The van der Waals surface area contributed by atoms with Crippen molar-refractivity contribution in [2.75, 3.05) is 37.4 Å². The highest BCUT2D eigenvalue weighted by atomic mass is 32.2. The first kappa shape index (κ1) is 16.5. The molecular weight excluding hydrogens is 280 g/mol. The van der Waals surface area contributed by atoms with Gasteiger partial charge in [0.25, 0.3) is 0 Å². The zero-order valence-electron chi connectivity index (χ0n) is 11.9. The summed E-state index contributed by atoms with van der Waals surface area (Å²) in [5, 5.41) is 2.60. The van der Waals surface area contributed by atoms with Crippen LogP contribution in [0.15, 0.2) is 24.3 Å². The first-order chi connectivity index (χ1) is 9.34. The van der Waals surface area contributed by atoms with Crippen LogP contribution in [0.4, 0.5) is 5.69 Å². The summed E-state index contributed by atoms with van der Waals surface area (Å²) in [6.45, 7) is 2.35. The number of rotatable bonds is 7. The molecule has 0 aliphatic heterocycles. The average molecular weight is 300 g/mol. The smallest absolute Gasteiger partial charge is 0.240 e. The van der Waals surface area contributed by atoms with Crippen LogP contribution in [-0.2, 0) is 19.6 Å². The Hall–Kier alpha value is -1.60. The molecule has 1 amide bonds. The quantitative estimate of drug-likeness (QED) is 0.745. The molecule has 0 unspecified atom stereocenters. The van der Waals surface area contributed by atoms with E-state index in [0.717, 1.165) is 16.1 Å². The van der Waals surface area contributed by atoms with Gasteiger partial charge in [0.05, 0.1) is 18.6 Å². The molecule has 0 fully saturated rings. The maximum Gasteiger partial charge on any atom is 0.240 e. The number of nitrogens with one attached hydrogen (secondary N) is 1. The Bertz CT molecular complexity index is 557. The number of ether oxygens (including phenoxy) is 1. The molecule has 1 aromatic carbocycles. The van der Waals surface area contributed by atoms with E-state index in [9.17, 15) is 13.2 Å². The molecule has 112 valence electrons. The van der Waals surface area contributed by atoms with Gasteiger partial charge in [-0.1, -0.05) is 12.1 Å². The predicted molar refractivity (Wildman–Crippen MR) is 78.3 cm³/mol. The highest BCUT2D eigenvalue weighted by Gasteiger charge is 2.20. The summed E-state index contributed by atoms with van der Waals surface area (Å²) in [6, 6.07) is 7.01. The minimum Gasteiger partial charge on any atom is -0.383 e. The van der Waals surface area contributed by atoms with Gasteiger partial charge in [0.15, 0.2) is 0 Å². The van der Waals surface area contributed by atoms with Crippen LogP contribution < -0.4 is 9.62 Å². The molecule has 20 heavy (non-hydrogen) atoms. The van der Waals surface area contributed by atoms with Gasteiger partial charge in [-0.3, -0.25) is 9.10 Å². The molecule has 1 aromatic rings. The molecule has 0 atom stereocenters. The Morgan fingerprint density at radius 1 is 1.40 bits per heavy atom. The van der Waals surface area contributed by atoms with Crippen molar-refractivity contribution in [3.8, 4) is 0 Å².